The van der Waals surface area contributed by atoms with E-state index in [9.17, 15) is 14.7 Å². The highest BCUT2D eigenvalue weighted by molar-refractivity contribution is 5.72. The summed E-state index contributed by atoms with van der Waals surface area (Å²) in [7, 11) is 0. The molecule has 5 nitrogen and oxygen atoms in total. The number of aliphatic hydroxyl groups is 1. The first-order chi connectivity index (χ1) is 13.4. The maximum Gasteiger partial charge on any atom is 0.308 e. The Morgan fingerprint density at radius 2 is 2.11 bits per heavy atom. The molecule has 2 aliphatic carbocycles. The number of aliphatic hydroxyl groups excluding tert-OH is 1. The van der Waals surface area contributed by atoms with E-state index in [4.69, 9.17) is 9.47 Å². The highest BCUT2D eigenvalue weighted by Gasteiger charge is 2.43. The lowest BCUT2D eigenvalue weighted by Crippen LogP contribution is -2.44. The molecule has 0 radical (unpaired) electrons. The number of fused-ring (bicyclic) bond motifs is 1. The molecule has 0 amide bonds. The van der Waals surface area contributed by atoms with E-state index in [0.29, 0.717) is 30.1 Å². The number of ether oxygens (including phenoxy) is 2. The normalized spacial score (nSPS) is 39.0. The molecule has 3 aliphatic rings. The quantitative estimate of drug-likeness (QED) is 0.546. The first-order valence-corrected chi connectivity index (χ1v) is 11.1. The number of hydrogen-bond acceptors (Lipinski definition) is 5. The molecule has 28 heavy (non-hydrogen) atoms. The van der Waals surface area contributed by atoms with E-state index in [1.165, 1.54) is 0 Å². The van der Waals surface area contributed by atoms with Gasteiger partial charge in [0.1, 0.15) is 12.2 Å². The molecule has 1 heterocycles. The molecule has 0 aromatic rings. The van der Waals surface area contributed by atoms with Gasteiger partial charge in [0, 0.05) is 12.3 Å². The average molecular weight is 393 g/mol. The van der Waals surface area contributed by atoms with E-state index in [1.807, 2.05) is 13.8 Å². The predicted molar refractivity (Wildman–Crippen MR) is 106 cm³/mol. The lowest BCUT2D eigenvalue weighted by atomic mass is 9.63. The fourth-order valence-electron chi connectivity index (χ4n) is 5.30. The summed E-state index contributed by atoms with van der Waals surface area (Å²) in [6, 6.07) is 0. The molecule has 1 aliphatic heterocycles. The van der Waals surface area contributed by atoms with Gasteiger partial charge in [-0.3, -0.25) is 9.59 Å². The summed E-state index contributed by atoms with van der Waals surface area (Å²) in [5.74, 6) is 1.35. The zero-order valence-electron chi connectivity index (χ0n) is 17.5. The van der Waals surface area contributed by atoms with E-state index >= 15 is 0 Å². The third-order valence-electron chi connectivity index (χ3n) is 6.98. The van der Waals surface area contributed by atoms with Gasteiger partial charge in [0.25, 0.3) is 0 Å². The second-order valence-corrected chi connectivity index (χ2v) is 9.31. The molecule has 5 heteroatoms. The summed E-state index contributed by atoms with van der Waals surface area (Å²) in [5.41, 5.74) is 0. The smallest absolute Gasteiger partial charge is 0.308 e. The SMILES string of the molecule is CC[C@H](C)C(=O)O[C@H]1C[C@@H](C)C[C@@H]2C=CC[C@H](CC[C@@H]3C[C@@H](O)CC(=O)O3)[C@@H]12. The monoisotopic (exact) mass is 392 g/mol. The van der Waals surface area contributed by atoms with Crippen molar-refractivity contribution in [3.05, 3.63) is 12.2 Å². The highest BCUT2D eigenvalue weighted by atomic mass is 16.5. The first kappa shape index (κ1) is 21.4. The van der Waals surface area contributed by atoms with Crippen LogP contribution in [0.1, 0.15) is 72.1 Å². The van der Waals surface area contributed by atoms with Crippen molar-refractivity contribution in [3.8, 4) is 0 Å². The third kappa shape index (κ3) is 5.16. The molecule has 1 N–H and O–H groups in total. The number of carbonyl (C=O) groups excluding carboxylic acids is 2. The van der Waals surface area contributed by atoms with Crippen LogP contribution in [0.15, 0.2) is 12.2 Å². The van der Waals surface area contributed by atoms with Crippen molar-refractivity contribution in [1.29, 1.82) is 0 Å². The van der Waals surface area contributed by atoms with Crippen LogP contribution in [0.2, 0.25) is 0 Å². The molecule has 8 atom stereocenters. The maximum atomic E-state index is 12.5. The number of cyclic esters (lactones) is 1. The third-order valence-corrected chi connectivity index (χ3v) is 6.98. The minimum Gasteiger partial charge on any atom is -0.462 e. The first-order valence-electron chi connectivity index (χ1n) is 11.1. The Morgan fingerprint density at radius 1 is 1.32 bits per heavy atom. The van der Waals surface area contributed by atoms with Crippen molar-refractivity contribution >= 4 is 11.9 Å². The number of rotatable bonds is 6. The predicted octanol–water partition coefficient (Wildman–Crippen LogP) is 4.03. The number of carbonyl (C=O) groups is 2. The number of hydrogen-bond donors (Lipinski definition) is 1. The highest BCUT2D eigenvalue weighted by Crippen LogP contribution is 2.46. The topological polar surface area (TPSA) is 72.8 Å². The Hall–Kier alpha value is -1.36. The van der Waals surface area contributed by atoms with Crippen molar-refractivity contribution in [3.63, 3.8) is 0 Å². The Balaban J connectivity index is 1.66. The second-order valence-electron chi connectivity index (χ2n) is 9.31. The zero-order valence-corrected chi connectivity index (χ0v) is 17.5. The minimum absolute atomic E-state index is 0.0234. The van der Waals surface area contributed by atoms with E-state index in [-0.39, 0.29) is 36.5 Å². The van der Waals surface area contributed by atoms with Gasteiger partial charge in [-0.15, -0.1) is 0 Å². The summed E-state index contributed by atoms with van der Waals surface area (Å²) in [4.78, 5) is 24.1. The van der Waals surface area contributed by atoms with Crippen LogP contribution in [0.4, 0.5) is 0 Å². The molecule has 2 fully saturated rings. The molecule has 0 bridgehead atoms. The molecule has 1 saturated heterocycles. The van der Waals surface area contributed by atoms with Crippen LogP contribution >= 0.6 is 0 Å². The van der Waals surface area contributed by atoms with E-state index in [0.717, 1.165) is 38.5 Å². The van der Waals surface area contributed by atoms with Gasteiger partial charge in [-0.1, -0.05) is 32.9 Å². The molecule has 0 spiro atoms. The molecule has 0 aromatic heterocycles. The van der Waals surface area contributed by atoms with Crippen molar-refractivity contribution in [2.45, 2.75) is 90.4 Å². The number of allylic oxidation sites excluding steroid dienone is 2. The van der Waals surface area contributed by atoms with Gasteiger partial charge in [-0.05, 0) is 56.3 Å². The molecule has 0 unspecified atom stereocenters. The summed E-state index contributed by atoms with van der Waals surface area (Å²) < 4.78 is 11.5. The Morgan fingerprint density at radius 3 is 2.82 bits per heavy atom. The molecule has 3 rings (SSSR count). The summed E-state index contributed by atoms with van der Waals surface area (Å²) in [6.45, 7) is 6.21. The van der Waals surface area contributed by atoms with Crippen molar-refractivity contribution in [2.24, 2.45) is 29.6 Å². The van der Waals surface area contributed by atoms with Crippen LogP contribution in [-0.2, 0) is 19.1 Å². The maximum absolute atomic E-state index is 12.5. The van der Waals surface area contributed by atoms with Gasteiger partial charge < -0.3 is 14.6 Å². The van der Waals surface area contributed by atoms with E-state index in [2.05, 4.69) is 19.1 Å². The van der Waals surface area contributed by atoms with Gasteiger partial charge in [0.2, 0.25) is 0 Å². The second kappa shape index (κ2) is 9.43. The van der Waals surface area contributed by atoms with Crippen LogP contribution in [-0.4, -0.2) is 35.4 Å². The Bertz CT molecular complexity index is 586. The molecular weight excluding hydrogens is 356 g/mol. The molecule has 158 valence electrons. The summed E-state index contributed by atoms with van der Waals surface area (Å²) in [5, 5.41) is 9.85. The fraction of sp³-hybridized carbons (Fsp3) is 0.826. The average Bonchev–Trinajstić information content (AvgIpc) is 2.64. The fourth-order valence-corrected chi connectivity index (χ4v) is 5.30. The van der Waals surface area contributed by atoms with Crippen LogP contribution in [0.25, 0.3) is 0 Å². The lowest BCUT2D eigenvalue weighted by molar-refractivity contribution is -0.165. The molecule has 0 aromatic carbocycles. The van der Waals surface area contributed by atoms with Gasteiger partial charge in [0.05, 0.1) is 18.4 Å². The van der Waals surface area contributed by atoms with Crippen LogP contribution in [0.3, 0.4) is 0 Å². The Labute approximate surface area is 168 Å². The number of esters is 2. The van der Waals surface area contributed by atoms with Gasteiger partial charge in [0.15, 0.2) is 0 Å². The summed E-state index contributed by atoms with van der Waals surface area (Å²) >= 11 is 0. The van der Waals surface area contributed by atoms with E-state index < -0.39 is 6.10 Å². The van der Waals surface area contributed by atoms with Crippen LogP contribution in [0, 0.1) is 29.6 Å². The van der Waals surface area contributed by atoms with Gasteiger partial charge in [-0.2, -0.15) is 0 Å². The van der Waals surface area contributed by atoms with Crippen LogP contribution < -0.4 is 0 Å². The molecule has 1 saturated carbocycles. The van der Waals surface area contributed by atoms with Crippen molar-refractivity contribution in [1.82, 2.24) is 0 Å². The van der Waals surface area contributed by atoms with Crippen LogP contribution in [0.5, 0.6) is 0 Å². The lowest BCUT2D eigenvalue weighted by Gasteiger charge is -2.45. The van der Waals surface area contributed by atoms with Gasteiger partial charge in [-0.25, -0.2) is 0 Å². The standard InChI is InChI=1S/C23H36O5/c1-4-15(3)23(26)28-20-11-14(2)10-17-7-5-6-16(22(17)20)8-9-19-12-18(24)13-21(25)27-19/h5,7,14-20,22,24H,4,6,8-13H2,1-3H3/t14-,15-,16+,17-,18+,19+,20-,22+/m0/s1. The minimum atomic E-state index is -0.579. The zero-order chi connectivity index (χ0) is 20.3. The summed E-state index contributed by atoms with van der Waals surface area (Å²) in [6.07, 6.45) is 10.0. The van der Waals surface area contributed by atoms with Crippen molar-refractivity contribution in [2.75, 3.05) is 0 Å². The van der Waals surface area contributed by atoms with Gasteiger partial charge >= 0.3 is 11.9 Å². The van der Waals surface area contributed by atoms with E-state index in [1.54, 1.807) is 0 Å². The van der Waals surface area contributed by atoms with Crippen molar-refractivity contribution < 1.29 is 24.2 Å². The molecular formula is C23H36O5. The Kier molecular flexibility index (Phi) is 7.19. The largest absolute Gasteiger partial charge is 0.462 e.